The predicted molar refractivity (Wildman–Crippen MR) is 113 cm³/mol. The van der Waals surface area contributed by atoms with Gasteiger partial charge in [-0.15, -0.1) is 0 Å². The zero-order valence-corrected chi connectivity index (χ0v) is 18.1. The molecule has 0 saturated heterocycles. The van der Waals surface area contributed by atoms with E-state index in [4.69, 9.17) is 0 Å². The van der Waals surface area contributed by atoms with Gasteiger partial charge >= 0.3 is 0 Å². The van der Waals surface area contributed by atoms with Crippen LogP contribution < -0.4 is 5.56 Å². The van der Waals surface area contributed by atoms with Crippen molar-refractivity contribution in [3.8, 4) is 17.3 Å². The van der Waals surface area contributed by atoms with Crippen molar-refractivity contribution in [2.45, 2.75) is 38.0 Å². The number of nitriles is 1. The van der Waals surface area contributed by atoms with Gasteiger partial charge in [-0.05, 0) is 46.0 Å². The van der Waals surface area contributed by atoms with Crippen molar-refractivity contribution < 1.29 is 0 Å². The zero-order valence-electron chi connectivity index (χ0n) is 16.3. The summed E-state index contributed by atoms with van der Waals surface area (Å²) >= 11 is 1.57. The van der Waals surface area contributed by atoms with Crippen molar-refractivity contribution in [1.82, 2.24) is 19.4 Å². The molecule has 0 saturated carbocycles. The molecule has 0 radical (unpaired) electrons. The molecule has 2 aromatic rings. The van der Waals surface area contributed by atoms with Gasteiger partial charge in [-0.2, -0.15) is 18.8 Å². The highest BCUT2D eigenvalue weighted by atomic mass is 32.2. The van der Waals surface area contributed by atoms with Gasteiger partial charge in [0, 0.05) is 24.1 Å². The average Bonchev–Trinajstić information content (AvgIpc) is 2.62. The first-order valence-corrected chi connectivity index (χ1v) is 9.56. The van der Waals surface area contributed by atoms with Crippen molar-refractivity contribution in [2.24, 2.45) is 5.92 Å². The first kappa shape index (κ1) is 21.5. The molecule has 0 bridgehead atoms. The Hall–Kier alpha value is -1.82. The maximum absolute atomic E-state index is 12.8. The highest BCUT2D eigenvalue weighted by Crippen LogP contribution is 2.29. The van der Waals surface area contributed by atoms with Gasteiger partial charge in [0.15, 0.2) is 5.16 Å². The van der Waals surface area contributed by atoms with Gasteiger partial charge in [-0.3, -0.25) is 19.2 Å². The van der Waals surface area contributed by atoms with Crippen LogP contribution in [0.15, 0.2) is 28.3 Å². The lowest BCUT2D eigenvalue weighted by molar-refractivity contribution is 0.192. The van der Waals surface area contributed by atoms with Crippen molar-refractivity contribution in [3.05, 3.63) is 39.9 Å². The summed E-state index contributed by atoms with van der Waals surface area (Å²) < 4.78 is 1.62. The normalized spacial score (nSPS) is 16.4. The number of hydrogen-bond donors (Lipinski definition) is 0. The van der Waals surface area contributed by atoms with E-state index in [-0.39, 0.29) is 30.2 Å². The van der Waals surface area contributed by atoms with Crippen molar-refractivity contribution in [3.63, 3.8) is 0 Å². The van der Waals surface area contributed by atoms with E-state index in [0.29, 0.717) is 28.9 Å². The molecule has 0 unspecified atom stereocenters. The van der Waals surface area contributed by atoms with Crippen LogP contribution in [0.4, 0.5) is 0 Å². The van der Waals surface area contributed by atoms with Gasteiger partial charge in [-0.25, -0.2) is 4.98 Å². The number of hydrogen-bond acceptors (Lipinski definition) is 6. The summed E-state index contributed by atoms with van der Waals surface area (Å²) in [5.41, 5.74) is 1.65. The summed E-state index contributed by atoms with van der Waals surface area (Å²) in [6.45, 7) is 6.89. The van der Waals surface area contributed by atoms with Crippen LogP contribution in [0.1, 0.15) is 32.0 Å². The molecule has 27 heavy (non-hydrogen) atoms. The third-order valence-electron chi connectivity index (χ3n) is 5.02. The molecule has 0 spiro atoms. The Kier molecular flexibility index (Phi) is 6.40. The lowest BCUT2D eigenvalue weighted by Gasteiger charge is -2.32. The highest BCUT2D eigenvalue weighted by Gasteiger charge is 2.26. The Bertz CT molecular complexity index is 929. The largest absolute Gasteiger partial charge is 0.299 e. The molecule has 8 heteroatoms. The number of thioether (sulfide) groups is 1. The number of pyridine rings is 1. The van der Waals surface area contributed by atoms with Crippen LogP contribution in [-0.4, -0.2) is 39.3 Å². The standard InChI is InChI=1S/C19H23N5OS.H2S/c1-12-10-24-17(25)14(8-20)16(22-18(24)26-11-12)13-6-7-15(21-9-13)19(2,3)23(4)5;/h6-7,9,12H,10-11H2,1-5H3;1H2/t12-;/m0./s1. The number of aromatic nitrogens is 3. The van der Waals surface area contributed by atoms with Crippen LogP contribution in [0.2, 0.25) is 0 Å². The molecule has 144 valence electrons. The molecule has 2 aromatic heterocycles. The lowest BCUT2D eigenvalue weighted by atomic mass is 9.97. The van der Waals surface area contributed by atoms with Crippen molar-refractivity contribution >= 4 is 25.3 Å². The van der Waals surface area contributed by atoms with Crippen LogP contribution in [0.3, 0.4) is 0 Å². The SMILES string of the molecule is C[C@@H]1CSc2nc(-c3ccc(C(C)(C)N(C)C)nc3)c(C#N)c(=O)n2C1.S. The molecule has 0 amide bonds. The summed E-state index contributed by atoms with van der Waals surface area (Å²) in [5, 5.41) is 10.2. The minimum Gasteiger partial charge on any atom is -0.299 e. The molecule has 6 nitrogen and oxygen atoms in total. The Morgan fingerprint density at radius 3 is 2.63 bits per heavy atom. The van der Waals surface area contributed by atoms with Crippen LogP contribution in [-0.2, 0) is 12.1 Å². The van der Waals surface area contributed by atoms with E-state index in [1.807, 2.05) is 32.3 Å². The van der Waals surface area contributed by atoms with Gasteiger partial charge in [0.05, 0.1) is 16.9 Å². The molecule has 0 N–H and O–H groups in total. The van der Waals surface area contributed by atoms with E-state index >= 15 is 0 Å². The van der Waals surface area contributed by atoms with E-state index in [2.05, 4.69) is 35.6 Å². The molecular weight excluding hydrogens is 378 g/mol. The first-order valence-electron chi connectivity index (χ1n) is 8.57. The monoisotopic (exact) mass is 403 g/mol. The zero-order chi connectivity index (χ0) is 19.1. The van der Waals surface area contributed by atoms with Crippen LogP contribution in [0.25, 0.3) is 11.3 Å². The summed E-state index contributed by atoms with van der Waals surface area (Å²) in [5.74, 6) is 1.31. The van der Waals surface area contributed by atoms with Gasteiger partial charge < -0.3 is 0 Å². The highest BCUT2D eigenvalue weighted by molar-refractivity contribution is 7.99. The van der Waals surface area contributed by atoms with E-state index in [0.717, 1.165) is 11.4 Å². The summed E-state index contributed by atoms with van der Waals surface area (Å²) in [7, 11) is 4.02. The van der Waals surface area contributed by atoms with Gasteiger partial charge in [0.2, 0.25) is 0 Å². The number of rotatable bonds is 3. The molecular formula is C19H25N5OS2. The third kappa shape index (κ3) is 3.91. The second-order valence-electron chi connectivity index (χ2n) is 7.45. The fraction of sp³-hybridized carbons (Fsp3) is 0.474. The quantitative estimate of drug-likeness (QED) is 0.734. The van der Waals surface area contributed by atoms with Gasteiger partial charge in [0.25, 0.3) is 5.56 Å². The topological polar surface area (TPSA) is 74.8 Å². The maximum atomic E-state index is 12.8. The summed E-state index contributed by atoms with van der Waals surface area (Å²) in [4.78, 5) is 24.1. The predicted octanol–water partition coefficient (Wildman–Crippen LogP) is 2.83. The van der Waals surface area contributed by atoms with E-state index < -0.39 is 0 Å². The second-order valence-corrected chi connectivity index (χ2v) is 8.43. The molecule has 0 aromatic carbocycles. The minimum atomic E-state index is -0.260. The smallest absolute Gasteiger partial charge is 0.272 e. The first-order chi connectivity index (χ1) is 12.3. The van der Waals surface area contributed by atoms with E-state index in [1.165, 1.54) is 0 Å². The Morgan fingerprint density at radius 1 is 1.37 bits per heavy atom. The van der Waals surface area contributed by atoms with Gasteiger partial charge in [0.1, 0.15) is 11.6 Å². The molecule has 1 aliphatic heterocycles. The Morgan fingerprint density at radius 2 is 2.07 bits per heavy atom. The van der Waals surface area contributed by atoms with E-state index in [1.54, 1.807) is 22.5 Å². The fourth-order valence-corrected chi connectivity index (χ4v) is 3.83. The maximum Gasteiger partial charge on any atom is 0.272 e. The molecule has 1 aliphatic rings. The van der Waals surface area contributed by atoms with Crippen LogP contribution in [0.5, 0.6) is 0 Å². The lowest BCUT2D eigenvalue weighted by Crippen LogP contribution is -2.36. The molecule has 0 aliphatic carbocycles. The van der Waals surface area contributed by atoms with Crippen LogP contribution in [0, 0.1) is 17.2 Å². The van der Waals surface area contributed by atoms with Crippen molar-refractivity contribution in [2.75, 3.05) is 19.8 Å². The molecule has 0 fully saturated rings. The number of fused-ring (bicyclic) bond motifs is 1. The third-order valence-corrected chi connectivity index (χ3v) is 6.32. The van der Waals surface area contributed by atoms with Crippen LogP contribution >= 0.6 is 25.3 Å². The Balaban J connectivity index is 0.00000261. The minimum absolute atomic E-state index is 0. The Labute approximate surface area is 171 Å². The van der Waals surface area contributed by atoms with Gasteiger partial charge in [-0.1, -0.05) is 18.7 Å². The molecule has 1 atom stereocenters. The second kappa shape index (κ2) is 8.05. The number of nitrogens with zero attached hydrogens (tertiary/aromatic N) is 5. The molecule has 3 rings (SSSR count). The fourth-order valence-electron chi connectivity index (χ4n) is 2.82. The summed E-state index contributed by atoms with van der Waals surface area (Å²) in [6, 6.07) is 5.88. The average molecular weight is 404 g/mol. The van der Waals surface area contributed by atoms with Crippen molar-refractivity contribution in [1.29, 1.82) is 5.26 Å². The summed E-state index contributed by atoms with van der Waals surface area (Å²) in [6.07, 6.45) is 1.70. The van der Waals surface area contributed by atoms with E-state index in [9.17, 15) is 10.1 Å². The molecule has 3 heterocycles.